The van der Waals surface area contributed by atoms with Gasteiger partial charge in [0.15, 0.2) is 5.82 Å². The molecule has 0 atom stereocenters. The van der Waals surface area contributed by atoms with E-state index in [0.717, 1.165) is 5.56 Å². The summed E-state index contributed by atoms with van der Waals surface area (Å²) in [6.45, 7) is 5.40. The molecule has 2 aromatic rings. The summed E-state index contributed by atoms with van der Waals surface area (Å²) in [4.78, 5) is 17.1. The van der Waals surface area contributed by atoms with Crippen LogP contribution in [0.3, 0.4) is 0 Å². The number of carboxylic acids is 1. The van der Waals surface area contributed by atoms with E-state index in [4.69, 9.17) is 9.63 Å². The number of aromatic nitrogens is 2. The van der Waals surface area contributed by atoms with Crippen LogP contribution < -0.4 is 0 Å². The summed E-state index contributed by atoms with van der Waals surface area (Å²) in [7, 11) is 0. The molecular weight excluding hydrogens is 290 g/mol. The minimum absolute atomic E-state index is 0.176. The molecule has 0 amide bonds. The lowest BCUT2D eigenvalue weighted by molar-refractivity contribution is -0.137. The van der Waals surface area contributed by atoms with Crippen LogP contribution in [0.4, 0.5) is 0 Å². The lowest BCUT2D eigenvalue weighted by atomic mass is 10.2. The predicted octanol–water partition coefficient (Wildman–Crippen LogP) is 2.87. The number of hydrogen-bond acceptors (Lipinski definition) is 6. The summed E-state index contributed by atoms with van der Waals surface area (Å²) < 4.78 is 5.26. The molecule has 2 heterocycles. The van der Waals surface area contributed by atoms with Gasteiger partial charge in [0, 0.05) is 17.8 Å². The smallest absolute Gasteiger partial charge is 0.303 e. The Kier molecular flexibility index (Phi) is 5.46. The Hall–Kier alpha value is -1.73. The molecule has 0 aromatic carbocycles. The van der Waals surface area contributed by atoms with E-state index in [1.165, 1.54) is 0 Å². The zero-order valence-electron chi connectivity index (χ0n) is 12.2. The van der Waals surface area contributed by atoms with Gasteiger partial charge in [-0.1, -0.05) is 5.16 Å². The van der Waals surface area contributed by atoms with E-state index in [9.17, 15) is 4.79 Å². The van der Waals surface area contributed by atoms with E-state index in [1.54, 1.807) is 11.3 Å². The Balaban J connectivity index is 1.95. The SMILES string of the molecule is CC(C)N(CCCC(=O)O)Cc1noc(-c2ccsc2)n1. The van der Waals surface area contributed by atoms with Crippen molar-refractivity contribution >= 4 is 17.3 Å². The molecule has 114 valence electrons. The number of thiophene rings is 1. The fourth-order valence-corrected chi connectivity index (χ4v) is 2.59. The van der Waals surface area contributed by atoms with Gasteiger partial charge in [-0.25, -0.2) is 0 Å². The molecule has 0 bridgehead atoms. The van der Waals surface area contributed by atoms with Crippen molar-refractivity contribution in [3.05, 3.63) is 22.7 Å². The van der Waals surface area contributed by atoms with Gasteiger partial charge in [-0.15, -0.1) is 0 Å². The maximum atomic E-state index is 10.6. The highest BCUT2D eigenvalue weighted by Crippen LogP contribution is 2.20. The van der Waals surface area contributed by atoms with Crippen molar-refractivity contribution in [2.24, 2.45) is 0 Å². The summed E-state index contributed by atoms with van der Waals surface area (Å²) >= 11 is 1.58. The third-order valence-electron chi connectivity index (χ3n) is 3.15. The van der Waals surface area contributed by atoms with Gasteiger partial charge in [-0.3, -0.25) is 9.69 Å². The van der Waals surface area contributed by atoms with Gasteiger partial charge in [-0.05, 0) is 38.3 Å². The van der Waals surface area contributed by atoms with Crippen LogP contribution in [0.1, 0.15) is 32.5 Å². The number of nitrogens with zero attached hydrogens (tertiary/aromatic N) is 3. The first-order valence-corrected chi connectivity index (χ1v) is 7.81. The molecule has 21 heavy (non-hydrogen) atoms. The van der Waals surface area contributed by atoms with Crippen molar-refractivity contribution in [2.75, 3.05) is 6.54 Å². The average molecular weight is 309 g/mol. The van der Waals surface area contributed by atoms with Gasteiger partial charge in [0.1, 0.15) is 0 Å². The van der Waals surface area contributed by atoms with Crippen LogP contribution in [0, 0.1) is 0 Å². The van der Waals surface area contributed by atoms with Crippen molar-refractivity contribution in [1.82, 2.24) is 15.0 Å². The molecule has 0 fully saturated rings. The van der Waals surface area contributed by atoms with E-state index in [1.807, 2.05) is 16.8 Å². The molecule has 0 aliphatic rings. The number of carbonyl (C=O) groups is 1. The van der Waals surface area contributed by atoms with Gasteiger partial charge in [0.05, 0.1) is 12.1 Å². The Morgan fingerprint density at radius 2 is 2.33 bits per heavy atom. The molecule has 0 aliphatic heterocycles. The number of hydrogen-bond donors (Lipinski definition) is 1. The van der Waals surface area contributed by atoms with Crippen molar-refractivity contribution in [1.29, 1.82) is 0 Å². The van der Waals surface area contributed by atoms with E-state index in [-0.39, 0.29) is 6.42 Å². The Labute approximate surface area is 127 Å². The van der Waals surface area contributed by atoms with E-state index < -0.39 is 5.97 Å². The van der Waals surface area contributed by atoms with Crippen LogP contribution in [0.5, 0.6) is 0 Å². The molecule has 2 aromatic heterocycles. The topological polar surface area (TPSA) is 79.5 Å². The van der Waals surface area contributed by atoms with Crippen LogP contribution in [0.15, 0.2) is 21.3 Å². The lowest BCUT2D eigenvalue weighted by Gasteiger charge is -2.24. The van der Waals surface area contributed by atoms with Crippen LogP contribution >= 0.6 is 11.3 Å². The van der Waals surface area contributed by atoms with Crippen LogP contribution in [0.25, 0.3) is 11.5 Å². The Morgan fingerprint density at radius 3 is 2.95 bits per heavy atom. The van der Waals surface area contributed by atoms with Crippen LogP contribution in [-0.4, -0.2) is 38.7 Å². The highest BCUT2D eigenvalue weighted by Gasteiger charge is 2.15. The minimum Gasteiger partial charge on any atom is -0.481 e. The van der Waals surface area contributed by atoms with Crippen molar-refractivity contribution in [3.63, 3.8) is 0 Å². The standard InChI is InChI=1S/C14H19N3O3S/c1-10(2)17(6-3-4-13(18)19)8-12-15-14(20-16-12)11-5-7-21-9-11/h5,7,9-10H,3-4,6,8H2,1-2H3,(H,18,19). The van der Waals surface area contributed by atoms with Gasteiger partial charge in [0.25, 0.3) is 5.89 Å². The number of rotatable bonds is 8. The van der Waals surface area contributed by atoms with E-state index >= 15 is 0 Å². The second-order valence-corrected chi connectivity index (χ2v) is 5.87. The minimum atomic E-state index is -0.766. The number of aliphatic carboxylic acids is 1. The van der Waals surface area contributed by atoms with Crippen molar-refractivity contribution in [2.45, 2.75) is 39.3 Å². The van der Waals surface area contributed by atoms with E-state index in [2.05, 4.69) is 28.9 Å². The monoisotopic (exact) mass is 309 g/mol. The third kappa shape index (κ3) is 4.64. The normalized spacial score (nSPS) is 11.4. The summed E-state index contributed by atoms with van der Waals surface area (Å²) in [5.74, 6) is 0.388. The van der Waals surface area contributed by atoms with Gasteiger partial charge in [-0.2, -0.15) is 16.3 Å². The Bertz CT molecular complexity index is 566. The van der Waals surface area contributed by atoms with Gasteiger partial charge >= 0.3 is 5.97 Å². The molecule has 0 spiro atoms. The summed E-state index contributed by atoms with van der Waals surface area (Å²) in [5.41, 5.74) is 0.931. The zero-order valence-corrected chi connectivity index (χ0v) is 13.0. The molecule has 2 rings (SSSR count). The third-order valence-corrected chi connectivity index (χ3v) is 3.83. The molecule has 0 saturated carbocycles. The first-order valence-electron chi connectivity index (χ1n) is 6.87. The summed E-state index contributed by atoms with van der Waals surface area (Å²) in [6, 6.07) is 2.23. The average Bonchev–Trinajstić information content (AvgIpc) is 3.07. The largest absolute Gasteiger partial charge is 0.481 e. The second-order valence-electron chi connectivity index (χ2n) is 5.09. The summed E-state index contributed by atoms with van der Waals surface area (Å²) in [6.07, 6.45) is 0.790. The molecule has 0 radical (unpaired) electrons. The maximum Gasteiger partial charge on any atom is 0.303 e. The molecule has 0 aliphatic carbocycles. The van der Waals surface area contributed by atoms with Gasteiger partial charge in [0.2, 0.25) is 0 Å². The molecule has 0 saturated heterocycles. The Morgan fingerprint density at radius 1 is 1.52 bits per heavy atom. The van der Waals surface area contributed by atoms with Gasteiger partial charge < -0.3 is 9.63 Å². The predicted molar refractivity (Wildman–Crippen MR) is 80.0 cm³/mol. The highest BCUT2D eigenvalue weighted by atomic mass is 32.1. The molecule has 1 N–H and O–H groups in total. The quantitative estimate of drug-likeness (QED) is 0.807. The highest BCUT2D eigenvalue weighted by molar-refractivity contribution is 7.08. The number of carboxylic acid groups (broad SMARTS) is 1. The second kappa shape index (κ2) is 7.33. The van der Waals surface area contributed by atoms with E-state index in [0.29, 0.717) is 37.3 Å². The van der Waals surface area contributed by atoms with Crippen molar-refractivity contribution < 1.29 is 14.4 Å². The fraction of sp³-hybridized carbons (Fsp3) is 0.500. The first-order chi connectivity index (χ1) is 10.1. The van der Waals surface area contributed by atoms with Crippen LogP contribution in [0.2, 0.25) is 0 Å². The molecule has 7 heteroatoms. The maximum absolute atomic E-state index is 10.6. The zero-order chi connectivity index (χ0) is 15.2. The van der Waals surface area contributed by atoms with Crippen molar-refractivity contribution in [3.8, 4) is 11.5 Å². The fourth-order valence-electron chi connectivity index (χ4n) is 1.96. The molecular formula is C14H19N3O3S. The molecule has 0 unspecified atom stereocenters. The summed E-state index contributed by atoms with van der Waals surface area (Å²) in [5, 5.41) is 16.6. The lowest BCUT2D eigenvalue weighted by Crippen LogP contribution is -2.32. The van der Waals surface area contributed by atoms with Crippen LogP contribution in [-0.2, 0) is 11.3 Å². The first kappa shape index (κ1) is 15.7. The molecule has 6 nitrogen and oxygen atoms in total.